The van der Waals surface area contributed by atoms with Gasteiger partial charge in [0.1, 0.15) is 13.2 Å². The van der Waals surface area contributed by atoms with Crippen LogP contribution in [-0.4, -0.2) is 28.8 Å². The van der Waals surface area contributed by atoms with Gasteiger partial charge >= 0.3 is 0 Å². The summed E-state index contributed by atoms with van der Waals surface area (Å²) < 4.78 is 12.8. The van der Waals surface area contributed by atoms with Gasteiger partial charge in [0.05, 0.1) is 5.69 Å². The molecule has 0 fully saturated rings. The molecular formula is C17H18N2O3. The Morgan fingerprint density at radius 3 is 2.82 bits per heavy atom. The largest absolute Gasteiger partial charge is 0.486 e. The molecule has 0 atom stereocenters. The highest BCUT2D eigenvalue weighted by Crippen LogP contribution is 2.30. The van der Waals surface area contributed by atoms with E-state index in [-0.39, 0.29) is 5.78 Å². The molecule has 0 radical (unpaired) electrons. The highest BCUT2D eigenvalue weighted by molar-refractivity contribution is 6.07. The second kappa shape index (κ2) is 6.05. The Hall–Kier alpha value is -2.56. The Morgan fingerprint density at radius 1 is 1.32 bits per heavy atom. The number of hydrogen-bond acceptors (Lipinski definition) is 4. The van der Waals surface area contributed by atoms with Crippen molar-refractivity contribution in [3.63, 3.8) is 0 Å². The van der Waals surface area contributed by atoms with Crippen molar-refractivity contribution in [2.45, 2.75) is 20.4 Å². The Kier molecular flexibility index (Phi) is 3.96. The van der Waals surface area contributed by atoms with Crippen molar-refractivity contribution in [2.75, 3.05) is 13.2 Å². The standard InChI is InChI=1S/C17H18N2O3/c1-3-19-11-14(12(2)18-19)4-6-15(20)13-5-7-16-17(10-13)22-9-8-21-16/h4-7,10-11H,3,8-9H2,1-2H3/b6-4-. The monoisotopic (exact) mass is 298 g/mol. The van der Waals surface area contributed by atoms with Crippen molar-refractivity contribution in [1.82, 2.24) is 9.78 Å². The number of aromatic nitrogens is 2. The van der Waals surface area contributed by atoms with E-state index in [1.54, 1.807) is 30.4 Å². The van der Waals surface area contributed by atoms with E-state index in [1.807, 2.05) is 24.7 Å². The van der Waals surface area contributed by atoms with Crippen LogP contribution in [-0.2, 0) is 6.54 Å². The second-order valence-corrected chi connectivity index (χ2v) is 5.08. The summed E-state index contributed by atoms with van der Waals surface area (Å²) in [5.74, 6) is 1.24. The number of rotatable bonds is 4. The van der Waals surface area contributed by atoms with Gasteiger partial charge < -0.3 is 9.47 Å². The maximum atomic E-state index is 12.3. The number of benzene rings is 1. The van der Waals surface area contributed by atoms with Crippen molar-refractivity contribution in [1.29, 1.82) is 0 Å². The van der Waals surface area contributed by atoms with E-state index in [9.17, 15) is 4.79 Å². The molecular weight excluding hydrogens is 280 g/mol. The molecule has 0 spiro atoms. The molecule has 2 heterocycles. The number of carbonyl (C=O) groups is 1. The lowest BCUT2D eigenvalue weighted by molar-refractivity contribution is 0.104. The van der Waals surface area contributed by atoms with Gasteiger partial charge in [-0.05, 0) is 44.2 Å². The third-order valence-electron chi connectivity index (χ3n) is 3.55. The molecule has 2 aromatic rings. The van der Waals surface area contributed by atoms with Crippen molar-refractivity contribution >= 4 is 11.9 Å². The number of aryl methyl sites for hydroxylation is 2. The number of nitrogens with zero attached hydrogens (tertiary/aromatic N) is 2. The molecule has 0 unspecified atom stereocenters. The molecule has 114 valence electrons. The van der Waals surface area contributed by atoms with Crippen LogP contribution < -0.4 is 9.47 Å². The molecule has 0 saturated heterocycles. The number of carbonyl (C=O) groups excluding carboxylic acids is 1. The van der Waals surface area contributed by atoms with E-state index in [0.29, 0.717) is 30.3 Å². The Bertz CT molecular complexity index is 732. The van der Waals surface area contributed by atoms with Crippen LogP contribution in [0.4, 0.5) is 0 Å². The highest BCUT2D eigenvalue weighted by Gasteiger charge is 2.13. The third kappa shape index (κ3) is 2.88. The average Bonchev–Trinajstić information content (AvgIpc) is 2.92. The zero-order valence-electron chi connectivity index (χ0n) is 12.7. The van der Waals surface area contributed by atoms with Crippen LogP contribution in [0.15, 0.2) is 30.5 Å². The summed E-state index contributed by atoms with van der Waals surface area (Å²) in [6.45, 7) is 5.82. The molecule has 0 N–H and O–H groups in total. The summed E-state index contributed by atoms with van der Waals surface area (Å²) in [7, 11) is 0. The van der Waals surface area contributed by atoms with Gasteiger partial charge in [0.25, 0.3) is 0 Å². The smallest absolute Gasteiger partial charge is 0.185 e. The SMILES string of the molecule is CCn1cc(/C=C\C(=O)c2ccc3c(c2)OCCO3)c(C)n1. The first-order chi connectivity index (χ1) is 10.7. The number of allylic oxidation sites excluding steroid dienone is 1. The van der Waals surface area contributed by atoms with Crippen molar-refractivity contribution in [3.05, 3.63) is 47.3 Å². The molecule has 1 aromatic heterocycles. The predicted molar refractivity (Wildman–Crippen MR) is 83.4 cm³/mol. The number of ketones is 1. The fraction of sp³-hybridized carbons (Fsp3) is 0.294. The molecule has 3 rings (SSSR count). The first kappa shape index (κ1) is 14.4. The van der Waals surface area contributed by atoms with Gasteiger partial charge in [-0.25, -0.2) is 0 Å². The molecule has 1 aliphatic heterocycles. The fourth-order valence-corrected chi connectivity index (χ4v) is 2.32. The van der Waals surface area contributed by atoms with Crippen LogP contribution in [0, 0.1) is 6.92 Å². The normalized spacial score (nSPS) is 13.5. The van der Waals surface area contributed by atoms with Crippen molar-refractivity contribution in [3.8, 4) is 11.5 Å². The Morgan fingerprint density at radius 2 is 2.09 bits per heavy atom. The zero-order chi connectivity index (χ0) is 15.5. The van der Waals surface area contributed by atoms with Gasteiger partial charge in [0.2, 0.25) is 0 Å². The van der Waals surface area contributed by atoms with Gasteiger partial charge in [0, 0.05) is 23.9 Å². The molecule has 0 amide bonds. The lowest BCUT2D eigenvalue weighted by Crippen LogP contribution is -2.15. The van der Waals surface area contributed by atoms with Crippen molar-refractivity contribution < 1.29 is 14.3 Å². The van der Waals surface area contributed by atoms with Crippen LogP contribution in [0.1, 0.15) is 28.5 Å². The lowest BCUT2D eigenvalue weighted by atomic mass is 10.1. The summed E-state index contributed by atoms with van der Waals surface area (Å²) in [6, 6.07) is 5.25. The molecule has 1 aromatic carbocycles. The molecule has 0 bridgehead atoms. The molecule has 22 heavy (non-hydrogen) atoms. The molecule has 1 aliphatic rings. The molecule has 0 aliphatic carbocycles. The molecule has 5 heteroatoms. The number of ether oxygens (including phenoxy) is 2. The number of fused-ring (bicyclic) bond motifs is 1. The highest BCUT2D eigenvalue weighted by atomic mass is 16.6. The molecule has 0 saturated carbocycles. The average molecular weight is 298 g/mol. The van der Waals surface area contributed by atoms with Crippen LogP contribution in [0.3, 0.4) is 0 Å². The predicted octanol–water partition coefficient (Wildman–Crippen LogP) is 2.88. The third-order valence-corrected chi connectivity index (χ3v) is 3.55. The van der Waals surface area contributed by atoms with Crippen LogP contribution in [0.2, 0.25) is 0 Å². The quantitative estimate of drug-likeness (QED) is 0.643. The van der Waals surface area contributed by atoms with E-state index >= 15 is 0 Å². The zero-order valence-corrected chi connectivity index (χ0v) is 12.7. The lowest BCUT2D eigenvalue weighted by Gasteiger charge is -2.18. The minimum atomic E-state index is -0.0689. The van der Waals surface area contributed by atoms with Crippen LogP contribution >= 0.6 is 0 Å². The van der Waals surface area contributed by atoms with E-state index in [0.717, 1.165) is 17.8 Å². The maximum Gasteiger partial charge on any atom is 0.185 e. The van der Waals surface area contributed by atoms with Gasteiger partial charge in [-0.1, -0.05) is 0 Å². The van der Waals surface area contributed by atoms with E-state index in [4.69, 9.17) is 9.47 Å². The first-order valence-corrected chi connectivity index (χ1v) is 7.33. The van der Waals surface area contributed by atoms with E-state index < -0.39 is 0 Å². The minimum absolute atomic E-state index is 0.0689. The summed E-state index contributed by atoms with van der Waals surface area (Å²) in [5, 5.41) is 4.36. The Labute approximate surface area is 129 Å². The van der Waals surface area contributed by atoms with Crippen LogP contribution in [0.5, 0.6) is 11.5 Å². The first-order valence-electron chi connectivity index (χ1n) is 7.33. The molecule has 5 nitrogen and oxygen atoms in total. The maximum absolute atomic E-state index is 12.3. The Balaban J connectivity index is 1.79. The second-order valence-electron chi connectivity index (χ2n) is 5.08. The van der Waals surface area contributed by atoms with E-state index in [1.165, 1.54) is 0 Å². The number of hydrogen-bond donors (Lipinski definition) is 0. The summed E-state index contributed by atoms with van der Waals surface area (Å²) >= 11 is 0. The summed E-state index contributed by atoms with van der Waals surface area (Å²) in [5.41, 5.74) is 2.45. The van der Waals surface area contributed by atoms with Crippen molar-refractivity contribution in [2.24, 2.45) is 0 Å². The fourth-order valence-electron chi connectivity index (χ4n) is 2.32. The summed E-state index contributed by atoms with van der Waals surface area (Å²) in [6.07, 6.45) is 5.30. The van der Waals surface area contributed by atoms with Gasteiger partial charge in [-0.2, -0.15) is 5.10 Å². The van der Waals surface area contributed by atoms with E-state index in [2.05, 4.69) is 5.10 Å². The summed E-state index contributed by atoms with van der Waals surface area (Å²) in [4.78, 5) is 12.3. The van der Waals surface area contributed by atoms with Gasteiger partial charge in [0.15, 0.2) is 17.3 Å². The van der Waals surface area contributed by atoms with Crippen LogP contribution in [0.25, 0.3) is 6.08 Å². The van der Waals surface area contributed by atoms with Gasteiger partial charge in [-0.3, -0.25) is 9.48 Å². The topological polar surface area (TPSA) is 53.4 Å². The minimum Gasteiger partial charge on any atom is -0.486 e. The van der Waals surface area contributed by atoms with Gasteiger partial charge in [-0.15, -0.1) is 0 Å².